The van der Waals surface area contributed by atoms with Crippen molar-refractivity contribution in [3.63, 3.8) is 0 Å². The lowest BCUT2D eigenvalue weighted by molar-refractivity contribution is -0.384. The minimum atomic E-state index is -2.27. The molecule has 0 fully saturated rings. The summed E-state index contributed by atoms with van der Waals surface area (Å²) in [6.45, 7) is 0. The summed E-state index contributed by atoms with van der Waals surface area (Å²) in [6.07, 6.45) is -4.53. The average Bonchev–Trinajstić information content (AvgIpc) is 2.67. The number of carboxylic acids is 2. The summed E-state index contributed by atoms with van der Waals surface area (Å²) in [7, 11) is 0. The van der Waals surface area contributed by atoms with E-state index in [4.69, 9.17) is 31.9 Å². The summed E-state index contributed by atoms with van der Waals surface area (Å²) in [4.78, 5) is 29.9. The topological polar surface area (TPSA) is 210 Å². The van der Waals surface area contributed by atoms with Gasteiger partial charge in [0.05, 0.1) is 11.0 Å². The van der Waals surface area contributed by atoms with E-state index in [1.165, 1.54) is 12.1 Å². The van der Waals surface area contributed by atoms with Gasteiger partial charge < -0.3 is 31.9 Å². The van der Waals surface area contributed by atoms with Gasteiger partial charge in [0.25, 0.3) is 5.69 Å². The highest BCUT2D eigenvalue weighted by molar-refractivity contribution is 5.83. The molecule has 3 atom stereocenters. The van der Waals surface area contributed by atoms with Crippen molar-refractivity contribution < 1.29 is 34.9 Å². The molecule has 150 valence electrons. The molecule has 0 amide bonds. The normalized spacial score (nSPS) is 13.4. The number of carboxylic acid groups (broad SMARTS) is 2. The second kappa shape index (κ2) is 9.97. The summed E-state index contributed by atoms with van der Waals surface area (Å²) in [6, 6.07) is 13.7. The van der Waals surface area contributed by atoms with Gasteiger partial charge in [-0.25, -0.2) is 9.59 Å². The highest BCUT2D eigenvalue weighted by atomic mass is 16.6. The van der Waals surface area contributed by atoms with Crippen LogP contribution in [0.4, 0.5) is 11.4 Å². The number of aliphatic hydroxyl groups is 2. The van der Waals surface area contributed by atoms with Crippen molar-refractivity contribution in [3.05, 3.63) is 69.8 Å². The van der Waals surface area contributed by atoms with E-state index in [2.05, 4.69) is 0 Å². The molecule has 0 saturated carbocycles. The van der Waals surface area contributed by atoms with Crippen LogP contribution < -0.4 is 11.5 Å². The number of carbonyl (C=O) groups is 2. The van der Waals surface area contributed by atoms with E-state index in [-0.39, 0.29) is 11.4 Å². The number of hydrogen-bond donors (Lipinski definition) is 6. The summed E-state index contributed by atoms with van der Waals surface area (Å²) < 4.78 is 0. The lowest BCUT2D eigenvalue weighted by Gasteiger charge is -2.12. The Morgan fingerprint density at radius 2 is 1.43 bits per heavy atom. The van der Waals surface area contributed by atoms with Gasteiger partial charge in [-0.2, -0.15) is 0 Å². The van der Waals surface area contributed by atoms with E-state index < -0.39 is 35.1 Å². The molecule has 0 spiro atoms. The quantitative estimate of drug-likeness (QED) is 0.221. The summed E-state index contributed by atoms with van der Waals surface area (Å²) >= 11 is 0. The second-order valence-electron chi connectivity index (χ2n) is 5.53. The number of nitrogen functional groups attached to an aromatic ring is 1. The molecule has 2 aromatic rings. The Balaban J connectivity index is 0.000000336. The van der Waals surface area contributed by atoms with Crippen molar-refractivity contribution >= 4 is 23.3 Å². The highest BCUT2D eigenvalue weighted by Gasteiger charge is 2.29. The predicted molar refractivity (Wildman–Crippen MR) is 97.3 cm³/mol. The van der Waals surface area contributed by atoms with E-state index in [1.54, 1.807) is 6.07 Å². The highest BCUT2D eigenvalue weighted by Crippen LogP contribution is 2.27. The van der Waals surface area contributed by atoms with Gasteiger partial charge in [0, 0.05) is 6.07 Å². The van der Waals surface area contributed by atoms with Crippen LogP contribution in [0, 0.1) is 10.1 Å². The lowest BCUT2D eigenvalue weighted by atomic mass is 9.99. The monoisotopic (exact) mass is 393 g/mol. The summed E-state index contributed by atoms with van der Waals surface area (Å²) in [5.41, 5.74) is 13.2. The minimum Gasteiger partial charge on any atom is -0.479 e. The van der Waals surface area contributed by atoms with Crippen LogP contribution in [0.15, 0.2) is 48.5 Å². The molecular weight excluding hydrogens is 374 g/mol. The fourth-order valence-electron chi connectivity index (χ4n) is 2.04. The van der Waals surface area contributed by atoms with Crippen molar-refractivity contribution in [2.24, 2.45) is 5.73 Å². The molecule has 0 bridgehead atoms. The van der Waals surface area contributed by atoms with Crippen LogP contribution in [-0.4, -0.2) is 49.5 Å². The average molecular weight is 393 g/mol. The number of nitrogens with two attached hydrogens (primary N) is 2. The summed E-state index contributed by atoms with van der Waals surface area (Å²) in [5.74, 6) is -3.54. The molecule has 11 nitrogen and oxygen atoms in total. The SMILES string of the molecule is Nc1ccc([C@H](N)c2ccccc2)cc1[N+](=O)[O-].O=C(O)C(O)C(O)C(=O)O. The van der Waals surface area contributed by atoms with Crippen LogP contribution in [0.3, 0.4) is 0 Å². The molecule has 2 unspecified atom stereocenters. The molecule has 2 rings (SSSR count). The first-order chi connectivity index (χ1) is 13.1. The third kappa shape index (κ3) is 6.02. The first kappa shape index (κ1) is 22.5. The Labute approximate surface area is 158 Å². The molecule has 0 aliphatic rings. The van der Waals surface area contributed by atoms with Gasteiger partial charge in [0.15, 0.2) is 12.2 Å². The molecule has 2 aromatic carbocycles. The first-order valence-corrected chi connectivity index (χ1v) is 7.72. The molecule has 0 aliphatic heterocycles. The maximum Gasteiger partial charge on any atom is 0.335 e. The predicted octanol–water partition coefficient (Wildman–Crippen LogP) is 0.102. The van der Waals surface area contributed by atoms with Crippen LogP contribution in [0.2, 0.25) is 0 Å². The van der Waals surface area contributed by atoms with Gasteiger partial charge in [-0.15, -0.1) is 0 Å². The Bertz CT molecular complexity index is 826. The third-order valence-electron chi connectivity index (χ3n) is 3.57. The van der Waals surface area contributed by atoms with E-state index in [1.807, 2.05) is 30.3 Å². The maximum atomic E-state index is 10.8. The number of nitro groups is 1. The Kier molecular flexibility index (Phi) is 8.01. The number of nitro benzene ring substituents is 1. The number of aliphatic carboxylic acids is 2. The Morgan fingerprint density at radius 1 is 0.929 bits per heavy atom. The van der Waals surface area contributed by atoms with Crippen LogP contribution in [-0.2, 0) is 9.59 Å². The number of benzene rings is 2. The fraction of sp³-hybridized carbons (Fsp3) is 0.176. The molecule has 8 N–H and O–H groups in total. The zero-order valence-corrected chi connectivity index (χ0v) is 14.4. The van der Waals surface area contributed by atoms with Gasteiger partial charge >= 0.3 is 11.9 Å². The number of nitrogens with zero attached hydrogens (tertiary/aromatic N) is 1. The number of anilines is 1. The number of hydrogen-bond acceptors (Lipinski definition) is 8. The zero-order chi connectivity index (χ0) is 21.4. The zero-order valence-electron chi connectivity index (χ0n) is 14.4. The molecule has 0 radical (unpaired) electrons. The van der Waals surface area contributed by atoms with E-state index in [0.717, 1.165) is 5.56 Å². The smallest absolute Gasteiger partial charge is 0.335 e. The maximum absolute atomic E-state index is 10.8. The lowest BCUT2D eigenvalue weighted by Crippen LogP contribution is -2.39. The van der Waals surface area contributed by atoms with Crippen molar-refractivity contribution in [2.45, 2.75) is 18.2 Å². The van der Waals surface area contributed by atoms with E-state index in [9.17, 15) is 19.7 Å². The van der Waals surface area contributed by atoms with Gasteiger partial charge in [0.2, 0.25) is 0 Å². The fourth-order valence-corrected chi connectivity index (χ4v) is 2.04. The van der Waals surface area contributed by atoms with Gasteiger partial charge in [-0.3, -0.25) is 10.1 Å². The molecule has 28 heavy (non-hydrogen) atoms. The van der Waals surface area contributed by atoms with Crippen molar-refractivity contribution in [3.8, 4) is 0 Å². The molecule has 0 aliphatic carbocycles. The number of rotatable bonds is 6. The summed E-state index contributed by atoms with van der Waals surface area (Å²) in [5, 5.41) is 43.3. The van der Waals surface area contributed by atoms with Crippen LogP contribution in [0.1, 0.15) is 17.2 Å². The third-order valence-corrected chi connectivity index (χ3v) is 3.57. The minimum absolute atomic E-state index is 0.112. The van der Waals surface area contributed by atoms with Gasteiger partial charge in [-0.1, -0.05) is 36.4 Å². The van der Waals surface area contributed by atoms with Crippen LogP contribution in [0.5, 0.6) is 0 Å². The first-order valence-electron chi connectivity index (χ1n) is 7.72. The standard InChI is InChI=1S/C13H13N3O2.C4H6O6/c14-11-7-6-10(8-12(11)16(17)18)13(15)9-4-2-1-3-5-9;5-1(3(7)8)2(6)4(9)10/h1-8,13H,14-15H2;1-2,5-6H,(H,7,8)(H,9,10)/t13-;/m1./s1. The molecule has 0 heterocycles. The van der Waals surface area contributed by atoms with Gasteiger partial charge in [-0.05, 0) is 17.2 Å². The molecule has 0 saturated heterocycles. The van der Waals surface area contributed by atoms with Gasteiger partial charge in [0.1, 0.15) is 5.69 Å². The Morgan fingerprint density at radius 3 is 1.86 bits per heavy atom. The van der Waals surface area contributed by atoms with Crippen LogP contribution >= 0.6 is 0 Å². The largest absolute Gasteiger partial charge is 0.479 e. The molecule has 11 heteroatoms. The Hall–Kier alpha value is -3.54. The van der Waals surface area contributed by atoms with Crippen molar-refractivity contribution in [2.75, 3.05) is 5.73 Å². The van der Waals surface area contributed by atoms with Crippen LogP contribution in [0.25, 0.3) is 0 Å². The molecule has 0 aromatic heterocycles. The van der Waals surface area contributed by atoms with Crippen molar-refractivity contribution in [1.82, 2.24) is 0 Å². The number of aliphatic hydroxyl groups excluding tert-OH is 2. The van der Waals surface area contributed by atoms with E-state index >= 15 is 0 Å². The van der Waals surface area contributed by atoms with Crippen molar-refractivity contribution in [1.29, 1.82) is 0 Å². The molecular formula is C17H19N3O8. The van der Waals surface area contributed by atoms with E-state index in [0.29, 0.717) is 5.56 Å². The second-order valence-corrected chi connectivity index (χ2v) is 5.53.